The molecule has 156 valence electrons. The van der Waals surface area contributed by atoms with Gasteiger partial charge in [-0.3, -0.25) is 9.69 Å². The minimum absolute atomic E-state index is 0.0236. The number of carbonyl (C=O) groups is 1. The van der Waals surface area contributed by atoms with Gasteiger partial charge in [0, 0.05) is 49.9 Å². The maximum Gasteiger partial charge on any atom is 0.240 e. The fourth-order valence-electron chi connectivity index (χ4n) is 3.52. The third-order valence-corrected chi connectivity index (χ3v) is 6.17. The van der Waals surface area contributed by atoms with Crippen molar-refractivity contribution in [1.29, 1.82) is 0 Å². The van der Waals surface area contributed by atoms with Crippen molar-refractivity contribution in [3.05, 3.63) is 69.8 Å². The maximum atomic E-state index is 12.5. The van der Waals surface area contributed by atoms with Gasteiger partial charge in [0.05, 0.1) is 11.6 Å². The molecule has 1 N–H and O–H groups in total. The first-order valence-electron chi connectivity index (χ1n) is 9.94. The molecule has 0 atom stereocenters. The Morgan fingerprint density at radius 2 is 1.97 bits per heavy atom. The van der Waals surface area contributed by atoms with E-state index < -0.39 is 0 Å². The molecule has 8 heteroatoms. The second-order valence-corrected chi connectivity index (χ2v) is 9.00. The number of pyridine rings is 1. The van der Waals surface area contributed by atoms with Crippen molar-refractivity contribution in [2.45, 2.75) is 13.3 Å². The van der Waals surface area contributed by atoms with Gasteiger partial charge in [0.2, 0.25) is 5.91 Å². The molecule has 0 saturated carbocycles. The highest BCUT2D eigenvalue weighted by atomic mass is 35.5. The first-order valence-corrected chi connectivity index (χ1v) is 11.1. The summed E-state index contributed by atoms with van der Waals surface area (Å²) in [5.74, 6) is 0.900. The fourth-order valence-corrected chi connectivity index (χ4v) is 4.50. The number of benzene rings is 1. The van der Waals surface area contributed by atoms with E-state index in [0.29, 0.717) is 16.7 Å². The minimum Gasteiger partial charge on any atom is -0.354 e. The second-order valence-electron chi connectivity index (χ2n) is 7.44. The first-order chi connectivity index (χ1) is 14.5. The van der Waals surface area contributed by atoms with Gasteiger partial charge >= 0.3 is 0 Å². The Hall–Kier alpha value is -2.48. The van der Waals surface area contributed by atoms with Crippen molar-refractivity contribution >= 4 is 39.8 Å². The molecule has 0 aliphatic carbocycles. The average molecular weight is 442 g/mol. The zero-order valence-electron chi connectivity index (χ0n) is 16.8. The van der Waals surface area contributed by atoms with Crippen molar-refractivity contribution in [3.8, 4) is 0 Å². The van der Waals surface area contributed by atoms with Crippen LogP contribution in [-0.4, -0.2) is 53.5 Å². The van der Waals surface area contributed by atoms with Gasteiger partial charge in [0.25, 0.3) is 0 Å². The summed E-state index contributed by atoms with van der Waals surface area (Å²) in [6.45, 7) is 5.75. The lowest BCUT2D eigenvalue weighted by Crippen LogP contribution is -2.48. The average Bonchev–Trinajstić information content (AvgIpc) is 3.16. The fraction of sp³-hybridized carbons (Fsp3) is 0.318. The number of amides is 1. The van der Waals surface area contributed by atoms with Crippen LogP contribution in [0.25, 0.3) is 0 Å². The molecule has 0 bridgehead atoms. The maximum absolute atomic E-state index is 12.5. The normalized spacial score (nSPS) is 14.7. The van der Waals surface area contributed by atoms with Gasteiger partial charge in [0.15, 0.2) is 5.13 Å². The van der Waals surface area contributed by atoms with E-state index in [2.05, 4.69) is 56.3 Å². The SMILES string of the molecule is Cc1cccc(Cc2cnc(NC(=O)CN3CCN(c4ccc(Cl)cn4)CC3)s2)c1. The van der Waals surface area contributed by atoms with Crippen LogP contribution in [-0.2, 0) is 11.2 Å². The molecule has 30 heavy (non-hydrogen) atoms. The summed E-state index contributed by atoms with van der Waals surface area (Å²) in [4.78, 5) is 26.7. The van der Waals surface area contributed by atoms with Crippen LogP contribution in [0.15, 0.2) is 48.8 Å². The van der Waals surface area contributed by atoms with Crippen LogP contribution in [0.2, 0.25) is 5.02 Å². The zero-order chi connectivity index (χ0) is 20.9. The summed E-state index contributed by atoms with van der Waals surface area (Å²) in [7, 11) is 0. The van der Waals surface area contributed by atoms with E-state index in [-0.39, 0.29) is 5.91 Å². The van der Waals surface area contributed by atoms with Crippen molar-refractivity contribution < 1.29 is 4.79 Å². The van der Waals surface area contributed by atoms with E-state index in [1.807, 2.05) is 18.3 Å². The number of halogens is 1. The number of nitrogens with zero attached hydrogens (tertiary/aromatic N) is 4. The van der Waals surface area contributed by atoms with Gasteiger partial charge in [-0.25, -0.2) is 9.97 Å². The molecule has 1 aromatic carbocycles. The Morgan fingerprint density at radius 3 is 2.70 bits per heavy atom. The molecular formula is C22H24ClN5OS. The summed E-state index contributed by atoms with van der Waals surface area (Å²) in [5, 5.41) is 4.24. The lowest BCUT2D eigenvalue weighted by Gasteiger charge is -2.34. The number of aryl methyl sites for hydroxylation is 1. The third kappa shape index (κ3) is 5.56. The molecule has 1 amide bonds. The van der Waals surface area contributed by atoms with Gasteiger partial charge in [-0.15, -0.1) is 11.3 Å². The number of carbonyl (C=O) groups excluding carboxylic acids is 1. The molecule has 0 unspecified atom stereocenters. The molecule has 6 nitrogen and oxygen atoms in total. The van der Waals surface area contributed by atoms with Crippen LogP contribution in [0.4, 0.5) is 10.9 Å². The van der Waals surface area contributed by atoms with Crippen LogP contribution in [0.1, 0.15) is 16.0 Å². The lowest BCUT2D eigenvalue weighted by molar-refractivity contribution is -0.117. The van der Waals surface area contributed by atoms with Crippen molar-refractivity contribution in [2.24, 2.45) is 0 Å². The molecular weight excluding hydrogens is 418 g/mol. The first kappa shape index (κ1) is 20.8. The summed E-state index contributed by atoms with van der Waals surface area (Å²) in [6, 6.07) is 12.2. The monoisotopic (exact) mass is 441 g/mol. The highest BCUT2D eigenvalue weighted by Gasteiger charge is 2.20. The molecule has 1 saturated heterocycles. The van der Waals surface area contributed by atoms with E-state index in [1.165, 1.54) is 22.5 Å². The molecule has 3 aromatic rings. The zero-order valence-corrected chi connectivity index (χ0v) is 18.4. The van der Waals surface area contributed by atoms with Crippen molar-refractivity contribution in [3.63, 3.8) is 0 Å². The number of anilines is 2. The second kappa shape index (κ2) is 9.55. The molecule has 1 fully saturated rings. The van der Waals surface area contributed by atoms with Gasteiger partial charge in [-0.05, 0) is 24.6 Å². The Labute approximate surface area is 185 Å². The summed E-state index contributed by atoms with van der Waals surface area (Å²) in [6.07, 6.45) is 4.34. The Bertz CT molecular complexity index is 999. The standard InChI is InChI=1S/C22H24ClN5OS/c1-16-3-2-4-17(11-16)12-19-14-25-22(30-19)26-21(29)15-27-7-9-28(10-8-27)20-6-5-18(23)13-24-20/h2-6,11,13-14H,7-10,12,15H2,1H3,(H,25,26,29). The van der Waals surface area contributed by atoms with Crippen molar-refractivity contribution in [2.75, 3.05) is 42.9 Å². The largest absolute Gasteiger partial charge is 0.354 e. The van der Waals surface area contributed by atoms with Gasteiger partial charge in [-0.2, -0.15) is 0 Å². The van der Waals surface area contributed by atoms with E-state index in [9.17, 15) is 4.79 Å². The summed E-state index contributed by atoms with van der Waals surface area (Å²) < 4.78 is 0. The Kier molecular flexibility index (Phi) is 6.62. The number of rotatable bonds is 6. The van der Waals surface area contributed by atoms with E-state index in [1.54, 1.807) is 6.20 Å². The van der Waals surface area contributed by atoms with Crippen LogP contribution in [0.3, 0.4) is 0 Å². The molecule has 4 rings (SSSR count). The Morgan fingerprint density at radius 1 is 1.13 bits per heavy atom. The predicted molar refractivity (Wildman–Crippen MR) is 123 cm³/mol. The molecule has 2 aromatic heterocycles. The smallest absolute Gasteiger partial charge is 0.240 e. The Balaban J connectivity index is 1.24. The number of piperazine rings is 1. The van der Waals surface area contributed by atoms with Crippen molar-refractivity contribution in [1.82, 2.24) is 14.9 Å². The molecule has 1 aliphatic rings. The quantitative estimate of drug-likeness (QED) is 0.629. The number of nitrogens with one attached hydrogen (secondary N) is 1. The van der Waals surface area contributed by atoms with E-state index in [4.69, 9.17) is 11.6 Å². The molecule has 0 radical (unpaired) electrons. The van der Waals surface area contributed by atoms with Crippen LogP contribution in [0.5, 0.6) is 0 Å². The molecule has 0 spiro atoms. The van der Waals surface area contributed by atoms with Gasteiger partial charge in [0.1, 0.15) is 5.82 Å². The highest BCUT2D eigenvalue weighted by Crippen LogP contribution is 2.22. The molecule has 3 heterocycles. The topological polar surface area (TPSA) is 61.4 Å². The van der Waals surface area contributed by atoms with Crippen LogP contribution in [0, 0.1) is 6.92 Å². The molecule has 1 aliphatic heterocycles. The van der Waals surface area contributed by atoms with Crippen LogP contribution < -0.4 is 10.2 Å². The highest BCUT2D eigenvalue weighted by molar-refractivity contribution is 7.15. The van der Waals surface area contributed by atoms with Crippen LogP contribution >= 0.6 is 22.9 Å². The minimum atomic E-state index is -0.0236. The lowest BCUT2D eigenvalue weighted by atomic mass is 10.1. The van der Waals surface area contributed by atoms with E-state index in [0.717, 1.165) is 43.3 Å². The summed E-state index contributed by atoms with van der Waals surface area (Å²) >= 11 is 7.44. The van der Waals surface area contributed by atoms with E-state index >= 15 is 0 Å². The number of aromatic nitrogens is 2. The number of hydrogen-bond acceptors (Lipinski definition) is 6. The van der Waals surface area contributed by atoms with Gasteiger partial charge < -0.3 is 10.2 Å². The number of hydrogen-bond donors (Lipinski definition) is 1. The summed E-state index contributed by atoms with van der Waals surface area (Å²) in [5.41, 5.74) is 2.50. The predicted octanol–water partition coefficient (Wildman–Crippen LogP) is 3.85. The van der Waals surface area contributed by atoms with Gasteiger partial charge in [-0.1, -0.05) is 41.4 Å². The number of thiazole rings is 1. The third-order valence-electron chi connectivity index (χ3n) is 5.04.